The molecule has 14 nitrogen and oxygen atoms in total. The van der Waals surface area contributed by atoms with Gasteiger partial charge in [0.05, 0.1) is 16.3 Å². The summed E-state index contributed by atoms with van der Waals surface area (Å²) in [6.07, 6.45) is 2.84. The van der Waals surface area contributed by atoms with Crippen LogP contribution >= 0.6 is 11.6 Å². The highest BCUT2D eigenvalue weighted by molar-refractivity contribution is 6.31. The molecule has 3 aromatic heterocycles. The second-order valence-electron chi connectivity index (χ2n) is 11.0. The monoisotopic (exact) mass is 696 g/mol. The van der Waals surface area contributed by atoms with Gasteiger partial charge in [-0.3, -0.25) is 14.4 Å². The second-order valence-corrected chi connectivity index (χ2v) is 11.4. The molecule has 0 saturated carbocycles. The number of anilines is 2. The van der Waals surface area contributed by atoms with Crippen molar-refractivity contribution in [3.63, 3.8) is 0 Å². The van der Waals surface area contributed by atoms with E-state index in [1.54, 1.807) is 48.5 Å². The van der Waals surface area contributed by atoms with Crippen LogP contribution < -0.4 is 16.0 Å². The maximum Gasteiger partial charge on any atom is 0.352 e. The summed E-state index contributed by atoms with van der Waals surface area (Å²) in [7, 11) is 0. The smallest absolute Gasteiger partial charge is 0.352 e. The Kier molecular flexibility index (Phi) is 9.23. The minimum absolute atomic E-state index is 0.0206. The molecule has 1 atom stereocenters. The number of hydrogen-bond donors (Lipinski definition) is 6. The number of rotatable bonds is 10. The van der Waals surface area contributed by atoms with Gasteiger partial charge in [-0.15, -0.1) is 0 Å². The molecule has 6 aromatic rings. The first kappa shape index (κ1) is 33.3. The minimum atomic E-state index is -1.24. The average Bonchev–Trinajstić information content (AvgIpc) is 3.66. The van der Waals surface area contributed by atoms with Crippen molar-refractivity contribution in [1.29, 1.82) is 0 Å². The van der Waals surface area contributed by atoms with E-state index in [2.05, 4.69) is 35.9 Å². The molecule has 0 aliphatic rings. The van der Waals surface area contributed by atoms with E-state index >= 15 is 0 Å². The summed E-state index contributed by atoms with van der Waals surface area (Å²) in [4.78, 5) is 66.0. The normalized spacial score (nSPS) is 11.6. The number of aryl methyl sites for hydroxylation is 1. The van der Waals surface area contributed by atoms with Gasteiger partial charge in [0.15, 0.2) is 17.3 Å². The quantitative estimate of drug-likeness (QED) is 0.105. The molecule has 6 N–H and O–H groups in total. The maximum absolute atomic E-state index is 14.8. The Morgan fingerprint density at radius 3 is 2.38 bits per heavy atom. The van der Waals surface area contributed by atoms with Gasteiger partial charge in [0.25, 0.3) is 11.8 Å². The number of aromatic nitrogens is 5. The molecule has 0 bridgehead atoms. The van der Waals surface area contributed by atoms with Gasteiger partial charge in [0.2, 0.25) is 11.7 Å². The summed E-state index contributed by atoms with van der Waals surface area (Å²) < 4.78 is 15.2. The summed E-state index contributed by atoms with van der Waals surface area (Å²) in [6.45, 7) is 1.44. The van der Waals surface area contributed by atoms with E-state index in [1.165, 1.54) is 43.6 Å². The average molecular weight is 697 g/mol. The molecule has 0 fully saturated rings. The number of imidazole rings is 1. The molecule has 3 aromatic carbocycles. The number of halogens is 2. The number of hydrogen-bond acceptors (Lipinski definition) is 8. The Labute approximate surface area is 286 Å². The summed E-state index contributed by atoms with van der Waals surface area (Å²) in [6, 6.07) is 17.1. The molecule has 0 radical (unpaired) electrons. The third kappa shape index (κ3) is 6.97. The fourth-order valence-corrected chi connectivity index (χ4v) is 5.36. The van der Waals surface area contributed by atoms with E-state index in [0.29, 0.717) is 32.6 Å². The van der Waals surface area contributed by atoms with E-state index < -0.39 is 35.5 Å². The zero-order valence-electron chi connectivity index (χ0n) is 25.9. The number of fused-ring (bicyclic) bond motifs is 1. The number of amides is 3. The maximum atomic E-state index is 14.8. The SMILES string of the molecule is Cc1nc(-c2cccc(Cl)c2F)n(O)c1C(=O)N[C@@H](Cc1ccc(NC(=O)c2ncccn2)cc1)C(=O)Nc1ccc2[nH]c(C(=O)O)cc2c1. The summed E-state index contributed by atoms with van der Waals surface area (Å²) in [5, 5.41) is 28.7. The first-order valence-electron chi connectivity index (χ1n) is 14.9. The molecule has 0 saturated heterocycles. The predicted molar refractivity (Wildman–Crippen MR) is 180 cm³/mol. The van der Waals surface area contributed by atoms with Crippen molar-refractivity contribution in [2.24, 2.45) is 0 Å². The van der Waals surface area contributed by atoms with Gasteiger partial charge in [0.1, 0.15) is 11.7 Å². The summed E-state index contributed by atoms with van der Waals surface area (Å²) >= 11 is 5.91. The van der Waals surface area contributed by atoms with Crippen molar-refractivity contribution < 1.29 is 33.9 Å². The van der Waals surface area contributed by atoms with Gasteiger partial charge in [0, 0.05) is 41.1 Å². The molecule has 50 heavy (non-hydrogen) atoms. The highest BCUT2D eigenvalue weighted by Crippen LogP contribution is 2.28. The van der Waals surface area contributed by atoms with Crippen LogP contribution in [0.5, 0.6) is 0 Å². The predicted octanol–water partition coefficient (Wildman–Crippen LogP) is 5.09. The fraction of sp³-hybridized carbons (Fsp3) is 0.0882. The summed E-state index contributed by atoms with van der Waals surface area (Å²) in [5.41, 5.74) is 1.41. The van der Waals surface area contributed by atoms with Crippen LogP contribution in [-0.4, -0.2) is 64.7 Å². The topological polar surface area (TPSA) is 204 Å². The first-order chi connectivity index (χ1) is 24.0. The van der Waals surface area contributed by atoms with Gasteiger partial charge >= 0.3 is 5.97 Å². The second kappa shape index (κ2) is 13.9. The van der Waals surface area contributed by atoms with Crippen LogP contribution in [0.25, 0.3) is 22.3 Å². The highest BCUT2D eigenvalue weighted by atomic mass is 35.5. The Morgan fingerprint density at radius 2 is 1.66 bits per heavy atom. The van der Waals surface area contributed by atoms with Crippen LogP contribution in [0.3, 0.4) is 0 Å². The minimum Gasteiger partial charge on any atom is -0.477 e. The van der Waals surface area contributed by atoms with Gasteiger partial charge in [-0.2, -0.15) is 4.73 Å². The van der Waals surface area contributed by atoms with E-state index in [0.717, 1.165) is 0 Å². The van der Waals surface area contributed by atoms with Gasteiger partial charge < -0.3 is 31.2 Å². The third-order valence-corrected chi connectivity index (χ3v) is 7.89. The molecule has 3 heterocycles. The fourth-order valence-electron chi connectivity index (χ4n) is 5.18. The third-order valence-electron chi connectivity index (χ3n) is 7.60. The van der Waals surface area contributed by atoms with Crippen LogP contribution in [0.15, 0.2) is 85.2 Å². The molecule has 252 valence electrons. The van der Waals surface area contributed by atoms with Gasteiger partial charge in [-0.25, -0.2) is 24.1 Å². The molecule has 0 aliphatic heterocycles. The van der Waals surface area contributed by atoms with E-state index in [9.17, 15) is 33.9 Å². The van der Waals surface area contributed by atoms with E-state index in [1.807, 2.05) is 0 Å². The number of nitrogens with one attached hydrogen (secondary N) is 4. The molecule has 3 amide bonds. The van der Waals surface area contributed by atoms with E-state index in [4.69, 9.17) is 11.6 Å². The zero-order valence-corrected chi connectivity index (χ0v) is 26.7. The van der Waals surface area contributed by atoms with Crippen LogP contribution in [0.1, 0.15) is 42.9 Å². The van der Waals surface area contributed by atoms with Gasteiger partial charge in [-0.1, -0.05) is 29.8 Å². The van der Waals surface area contributed by atoms with Gasteiger partial charge in [-0.05, 0) is 67.1 Å². The number of carboxylic acid groups (broad SMARTS) is 1. The Hall–Kier alpha value is -6.61. The number of nitrogens with zero attached hydrogens (tertiary/aromatic N) is 4. The molecule has 0 unspecified atom stereocenters. The molecular formula is C34H26ClFN8O6. The number of benzene rings is 3. The van der Waals surface area contributed by atoms with Crippen molar-refractivity contribution >= 4 is 57.6 Å². The number of aromatic carboxylic acids is 1. The lowest BCUT2D eigenvalue weighted by atomic mass is 10.0. The summed E-state index contributed by atoms with van der Waals surface area (Å²) in [5.74, 6) is -4.33. The van der Waals surface area contributed by atoms with Crippen LogP contribution in [0, 0.1) is 12.7 Å². The molecule has 16 heteroatoms. The Morgan fingerprint density at radius 1 is 0.940 bits per heavy atom. The van der Waals surface area contributed by atoms with Crippen LogP contribution in [-0.2, 0) is 11.2 Å². The lowest BCUT2D eigenvalue weighted by Crippen LogP contribution is -2.46. The number of H-pyrrole nitrogens is 1. The Bertz CT molecular complexity index is 2270. The number of carboxylic acids is 1. The van der Waals surface area contributed by atoms with Crippen molar-refractivity contribution in [2.45, 2.75) is 19.4 Å². The number of carbonyl (C=O) groups is 4. The molecule has 0 spiro atoms. The zero-order chi connectivity index (χ0) is 35.5. The van der Waals surface area contributed by atoms with Crippen molar-refractivity contribution in [1.82, 2.24) is 30.0 Å². The molecule has 0 aliphatic carbocycles. The Balaban J connectivity index is 1.26. The molecular weight excluding hydrogens is 671 g/mol. The lowest BCUT2D eigenvalue weighted by Gasteiger charge is -2.19. The standard InChI is InChI=1S/C34H26ClFN8O6/c1-17-28(44(50)30(39-17)22-4-2-5-23(35)27(22)36)32(46)43-25(31(45)41-21-10-11-24-19(15-21)16-26(42-24)34(48)49)14-18-6-8-20(9-7-18)40-33(47)29-37-12-3-13-38-29/h2-13,15-16,25,42,50H,14H2,1H3,(H,40,47)(H,41,45)(H,43,46)(H,48,49)/t25-/m0/s1. The first-order valence-corrected chi connectivity index (χ1v) is 15.2. The van der Waals surface area contributed by atoms with Crippen molar-refractivity contribution in [3.05, 3.63) is 124 Å². The van der Waals surface area contributed by atoms with Crippen LogP contribution in [0.4, 0.5) is 15.8 Å². The highest BCUT2D eigenvalue weighted by Gasteiger charge is 2.28. The molecule has 6 rings (SSSR count). The van der Waals surface area contributed by atoms with Crippen molar-refractivity contribution in [2.75, 3.05) is 10.6 Å². The van der Waals surface area contributed by atoms with Crippen molar-refractivity contribution in [3.8, 4) is 11.4 Å². The number of carbonyl (C=O) groups excluding carboxylic acids is 3. The van der Waals surface area contributed by atoms with E-state index in [-0.39, 0.29) is 45.7 Å². The lowest BCUT2D eigenvalue weighted by molar-refractivity contribution is -0.118. The largest absolute Gasteiger partial charge is 0.477 e. The van der Waals surface area contributed by atoms with Crippen LogP contribution in [0.2, 0.25) is 5.02 Å². The number of aromatic amines is 1.